The van der Waals surface area contributed by atoms with Crippen molar-refractivity contribution in [3.05, 3.63) is 52.2 Å². The van der Waals surface area contributed by atoms with E-state index in [0.717, 1.165) is 12.1 Å². The molecule has 8 N–H and O–H groups in total. The van der Waals surface area contributed by atoms with Crippen LogP contribution >= 0.6 is 0 Å². The number of hydrogen-bond donors (Lipinski definition) is 8. The van der Waals surface area contributed by atoms with E-state index in [0.29, 0.717) is 5.56 Å². The molecule has 5 rings (SSSR count). The fraction of sp³-hybridized carbons (Fsp3) is 0.444. The van der Waals surface area contributed by atoms with Gasteiger partial charge in [0.15, 0.2) is 11.7 Å². The van der Waals surface area contributed by atoms with Crippen molar-refractivity contribution in [3.8, 4) is 28.6 Å². The summed E-state index contributed by atoms with van der Waals surface area (Å²) in [4.78, 5) is 13.1. The van der Waals surface area contributed by atoms with E-state index in [2.05, 4.69) is 0 Å². The second-order valence-electron chi connectivity index (χ2n) is 10.1. The van der Waals surface area contributed by atoms with Crippen LogP contribution < -0.4 is 5.43 Å². The highest BCUT2D eigenvalue weighted by Gasteiger charge is 2.50. The van der Waals surface area contributed by atoms with Crippen LogP contribution in [0.25, 0.3) is 22.3 Å². The van der Waals surface area contributed by atoms with Gasteiger partial charge in [0.25, 0.3) is 0 Å². The van der Waals surface area contributed by atoms with Crippen LogP contribution in [-0.4, -0.2) is 96.0 Å². The predicted molar refractivity (Wildman–Crippen MR) is 135 cm³/mol. The molecule has 0 saturated carbocycles. The summed E-state index contributed by atoms with van der Waals surface area (Å²) in [5, 5.41) is 83.4. The molecule has 2 fully saturated rings. The van der Waals surface area contributed by atoms with Crippen LogP contribution in [0.4, 0.5) is 0 Å². The Morgan fingerprint density at radius 2 is 1.40 bits per heavy atom. The van der Waals surface area contributed by atoms with Gasteiger partial charge in [-0.25, -0.2) is 0 Å². The summed E-state index contributed by atoms with van der Waals surface area (Å²) in [5.41, 5.74) is -0.767. The van der Waals surface area contributed by atoms with Gasteiger partial charge in [-0.2, -0.15) is 0 Å². The molecule has 2 aliphatic heterocycles. The highest BCUT2D eigenvalue weighted by atomic mass is 16.7. The zero-order chi connectivity index (χ0) is 29.0. The van der Waals surface area contributed by atoms with Crippen molar-refractivity contribution in [3.63, 3.8) is 0 Å². The molecule has 0 spiro atoms. The quantitative estimate of drug-likeness (QED) is 0.210. The van der Waals surface area contributed by atoms with Gasteiger partial charge in [-0.15, -0.1) is 0 Å². The van der Waals surface area contributed by atoms with Crippen LogP contribution in [0.15, 0.2) is 45.6 Å². The summed E-state index contributed by atoms with van der Waals surface area (Å²) >= 11 is 0. The first kappa shape index (κ1) is 28.3. The summed E-state index contributed by atoms with van der Waals surface area (Å²) in [7, 11) is 0. The van der Waals surface area contributed by atoms with Crippen LogP contribution in [0.5, 0.6) is 17.2 Å². The molecule has 3 heterocycles. The molecule has 216 valence electrons. The number of phenols is 3. The van der Waals surface area contributed by atoms with Gasteiger partial charge in [0, 0.05) is 17.7 Å². The topological polar surface area (TPSA) is 220 Å². The van der Waals surface area contributed by atoms with E-state index >= 15 is 0 Å². The van der Waals surface area contributed by atoms with E-state index in [4.69, 9.17) is 18.6 Å². The van der Waals surface area contributed by atoms with E-state index in [1.165, 1.54) is 38.1 Å². The summed E-state index contributed by atoms with van der Waals surface area (Å²) in [6, 6.07) is 8.01. The zero-order valence-electron chi connectivity index (χ0n) is 21.4. The van der Waals surface area contributed by atoms with Crippen LogP contribution in [0.1, 0.15) is 25.5 Å². The van der Waals surface area contributed by atoms with Crippen molar-refractivity contribution in [2.45, 2.75) is 75.1 Å². The number of aliphatic hydroxyl groups excluding tert-OH is 5. The highest BCUT2D eigenvalue weighted by molar-refractivity contribution is 5.88. The molecule has 10 atom stereocenters. The molecule has 3 aromatic rings. The highest BCUT2D eigenvalue weighted by Crippen LogP contribution is 2.46. The first-order chi connectivity index (χ1) is 18.9. The third-order valence-electron chi connectivity index (χ3n) is 7.37. The minimum atomic E-state index is -1.76. The SMILES string of the molecule is C[C@@H]1O[C@@H](O[C@@H]2[C@@H](O)[C@@H](O)[C@@H](C)O[C@@H]2c2c(O)cc3oc(-c4ccc(O)cc4)cc(=O)c3c2O)[C@H](O)[C@H](O)[C@H]1O. The van der Waals surface area contributed by atoms with Crippen molar-refractivity contribution in [1.29, 1.82) is 0 Å². The molecule has 40 heavy (non-hydrogen) atoms. The molecule has 13 heteroatoms. The Balaban J connectivity index is 1.57. The van der Waals surface area contributed by atoms with Gasteiger partial charge >= 0.3 is 0 Å². The maximum atomic E-state index is 13.1. The Hall–Kier alpha value is -3.27. The Labute approximate surface area is 226 Å². The van der Waals surface area contributed by atoms with E-state index < -0.39 is 78.2 Å². The Bertz CT molecular complexity index is 1440. The van der Waals surface area contributed by atoms with Crippen molar-refractivity contribution < 1.29 is 59.5 Å². The largest absolute Gasteiger partial charge is 0.508 e. The first-order valence-corrected chi connectivity index (χ1v) is 12.6. The van der Waals surface area contributed by atoms with Crippen molar-refractivity contribution in [1.82, 2.24) is 0 Å². The van der Waals surface area contributed by atoms with Crippen molar-refractivity contribution in [2.24, 2.45) is 0 Å². The second kappa shape index (κ2) is 10.6. The number of phenolic OH excluding ortho intramolecular Hbond substituents is 3. The molecule has 2 aromatic carbocycles. The summed E-state index contributed by atoms with van der Waals surface area (Å²) in [5.74, 6) is -1.22. The van der Waals surface area contributed by atoms with Crippen LogP contribution in [0.2, 0.25) is 0 Å². The third kappa shape index (κ3) is 4.80. The second-order valence-corrected chi connectivity index (χ2v) is 10.1. The molecule has 1 aromatic heterocycles. The van der Waals surface area contributed by atoms with Crippen LogP contribution in [0, 0.1) is 0 Å². The van der Waals surface area contributed by atoms with Gasteiger partial charge in [-0.3, -0.25) is 4.79 Å². The molecule has 0 bridgehead atoms. The van der Waals surface area contributed by atoms with E-state index in [-0.39, 0.29) is 28.0 Å². The minimum absolute atomic E-state index is 0.00361. The monoisotopic (exact) mass is 562 g/mol. The maximum absolute atomic E-state index is 13.1. The molecule has 13 nitrogen and oxygen atoms in total. The average molecular weight is 563 g/mol. The summed E-state index contributed by atoms with van der Waals surface area (Å²) in [6.45, 7) is 2.85. The lowest BCUT2D eigenvalue weighted by atomic mass is 9.89. The summed E-state index contributed by atoms with van der Waals surface area (Å²) < 4.78 is 22.8. The fourth-order valence-electron chi connectivity index (χ4n) is 5.06. The van der Waals surface area contributed by atoms with E-state index in [1.54, 1.807) is 0 Å². The molecule has 0 radical (unpaired) electrons. The lowest BCUT2D eigenvalue weighted by Crippen LogP contribution is -2.61. The number of aliphatic hydroxyl groups is 5. The van der Waals surface area contributed by atoms with Gasteiger partial charge < -0.3 is 59.5 Å². The standard InChI is InChI=1S/C27H30O13/c1-9-20(32)23(35)26(40-27-24(36)22(34)19(31)10(2)38-27)25(37-9)18-14(30)8-16-17(21(18)33)13(29)7-15(39-16)11-3-5-12(28)6-4-11/h3-10,19-20,22-28,30-36H,1-2H3/t9-,10+,19+,20+,22-,23+,24-,25-,26-,27+/m1/s1. The lowest BCUT2D eigenvalue weighted by Gasteiger charge is -2.46. The normalized spacial score (nSPS) is 34.7. The molecular formula is C27H30O13. The van der Waals surface area contributed by atoms with Crippen molar-refractivity contribution >= 4 is 11.0 Å². The number of hydrogen-bond acceptors (Lipinski definition) is 13. The van der Waals surface area contributed by atoms with Crippen LogP contribution in [0.3, 0.4) is 0 Å². The maximum Gasteiger partial charge on any atom is 0.197 e. The number of benzene rings is 2. The molecule has 2 aliphatic rings. The minimum Gasteiger partial charge on any atom is -0.508 e. The van der Waals surface area contributed by atoms with Crippen molar-refractivity contribution in [2.75, 3.05) is 0 Å². The van der Waals surface area contributed by atoms with Gasteiger partial charge in [0.1, 0.15) is 76.7 Å². The number of ether oxygens (including phenoxy) is 3. The zero-order valence-corrected chi connectivity index (χ0v) is 21.4. The van der Waals surface area contributed by atoms with Gasteiger partial charge in [-0.05, 0) is 38.1 Å². The Morgan fingerprint density at radius 1 is 0.775 bits per heavy atom. The Morgan fingerprint density at radius 3 is 2.08 bits per heavy atom. The number of aromatic hydroxyl groups is 3. The lowest BCUT2D eigenvalue weighted by molar-refractivity contribution is -0.336. The smallest absolute Gasteiger partial charge is 0.197 e. The first-order valence-electron chi connectivity index (χ1n) is 12.6. The molecule has 0 aliphatic carbocycles. The van der Waals surface area contributed by atoms with Gasteiger partial charge in [0.2, 0.25) is 0 Å². The summed E-state index contributed by atoms with van der Waals surface area (Å²) in [6.07, 6.45) is -14.8. The van der Waals surface area contributed by atoms with E-state index in [9.17, 15) is 45.6 Å². The van der Waals surface area contributed by atoms with E-state index in [1.807, 2.05) is 0 Å². The van der Waals surface area contributed by atoms with Gasteiger partial charge in [0.05, 0.1) is 17.8 Å². The number of fused-ring (bicyclic) bond motifs is 1. The average Bonchev–Trinajstić information content (AvgIpc) is 2.91. The van der Waals surface area contributed by atoms with Crippen LogP contribution in [-0.2, 0) is 14.2 Å². The molecule has 0 amide bonds. The number of rotatable bonds is 4. The van der Waals surface area contributed by atoms with Gasteiger partial charge in [-0.1, -0.05) is 0 Å². The third-order valence-corrected chi connectivity index (χ3v) is 7.37. The fourth-order valence-corrected chi connectivity index (χ4v) is 5.06. The molecular weight excluding hydrogens is 532 g/mol. The molecule has 0 unspecified atom stereocenters. The predicted octanol–water partition coefficient (Wildman–Crippen LogP) is -0.0289. The Kier molecular flexibility index (Phi) is 7.50. The molecule has 2 saturated heterocycles.